The fourth-order valence-electron chi connectivity index (χ4n) is 5.12. The number of rotatable bonds is 4. The molecule has 0 spiro atoms. The zero-order valence-corrected chi connectivity index (χ0v) is 22.0. The van der Waals surface area contributed by atoms with E-state index in [-0.39, 0.29) is 0 Å². The van der Waals surface area contributed by atoms with E-state index in [9.17, 15) is 0 Å². The van der Waals surface area contributed by atoms with E-state index in [1.54, 1.807) is 0 Å². The average molecular weight is 552 g/mol. The summed E-state index contributed by atoms with van der Waals surface area (Å²) in [5, 5.41) is 2.31. The molecule has 38 heavy (non-hydrogen) atoms. The zero-order valence-electron chi connectivity index (χ0n) is 20.4. The molecule has 0 aliphatic rings. The Bertz CT molecular complexity index is 1870. The molecule has 0 saturated heterocycles. The molecular formula is C34H22BrN3. The van der Waals surface area contributed by atoms with Gasteiger partial charge in [0, 0.05) is 38.3 Å². The summed E-state index contributed by atoms with van der Waals surface area (Å²) in [5.41, 5.74) is 9.50. The third kappa shape index (κ3) is 4.00. The van der Waals surface area contributed by atoms with Gasteiger partial charge >= 0.3 is 0 Å². The highest BCUT2D eigenvalue weighted by atomic mass is 79.9. The van der Waals surface area contributed by atoms with Gasteiger partial charge in [-0.15, -0.1) is 0 Å². The van der Waals surface area contributed by atoms with Gasteiger partial charge in [0.05, 0.1) is 16.9 Å². The van der Waals surface area contributed by atoms with Gasteiger partial charge in [-0.05, 0) is 65.7 Å². The monoisotopic (exact) mass is 551 g/mol. The second-order valence-electron chi connectivity index (χ2n) is 9.28. The minimum absolute atomic E-state index is 0.947. The van der Waals surface area contributed by atoms with E-state index in [4.69, 9.17) is 9.97 Å². The zero-order chi connectivity index (χ0) is 25.5. The third-order valence-corrected chi connectivity index (χ3v) is 7.38. The van der Waals surface area contributed by atoms with Gasteiger partial charge in [0.15, 0.2) is 0 Å². The molecule has 7 aromatic rings. The van der Waals surface area contributed by atoms with Crippen molar-refractivity contribution in [2.24, 2.45) is 0 Å². The first-order chi connectivity index (χ1) is 18.7. The number of benzene rings is 4. The Morgan fingerprint density at radius 2 is 1.21 bits per heavy atom. The second-order valence-corrected chi connectivity index (χ2v) is 10.2. The van der Waals surface area contributed by atoms with E-state index in [1.165, 1.54) is 5.39 Å². The SMILES string of the molecule is Brc1ccc2c(c1)c1cccnc1n2-c1cccc(-c2cc(-c3ccccc3)nc(-c3ccccc3)c2)c1. The highest BCUT2D eigenvalue weighted by Gasteiger charge is 2.15. The lowest BCUT2D eigenvalue weighted by atomic mass is 9.99. The molecule has 0 amide bonds. The molecule has 3 aromatic heterocycles. The van der Waals surface area contributed by atoms with Crippen LogP contribution in [0.5, 0.6) is 0 Å². The van der Waals surface area contributed by atoms with Gasteiger partial charge in [-0.2, -0.15) is 0 Å². The van der Waals surface area contributed by atoms with Crippen LogP contribution in [0.15, 0.2) is 138 Å². The van der Waals surface area contributed by atoms with Crippen LogP contribution in [0.2, 0.25) is 0 Å². The fraction of sp³-hybridized carbons (Fsp3) is 0. The van der Waals surface area contributed by atoms with Crippen LogP contribution in [-0.4, -0.2) is 14.5 Å². The lowest BCUT2D eigenvalue weighted by molar-refractivity contribution is 1.14. The number of hydrogen-bond donors (Lipinski definition) is 0. The predicted molar refractivity (Wildman–Crippen MR) is 160 cm³/mol. The van der Waals surface area contributed by atoms with Crippen LogP contribution in [0.4, 0.5) is 0 Å². The lowest BCUT2D eigenvalue weighted by Gasteiger charge is -2.12. The summed E-state index contributed by atoms with van der Waals surface area (Å²) in [7, 11) is 0. The quantitative estimate of drug-likeness (QED) is 0.218. The maximum atomic E-state index is 5.04. The lowest BCUT2D eigenvalue weighted by Crippen LogP contribution is -1.96. The van der Waals surface area contributed by atoms with Crippen molar-refractivity contribution < 1.29 is 0 Å². The number of fused-ring (bicyclic) bond motifs is 3. The topological polar surface area (TPSA) is 30.7 Å². The summed E-state index contributed by atoms with van der Waals surface area (Å²) in [4.78, 5) is 9.81. The van der Waals surface area contributed by atoms with Gasteiger partial charge < -0.3 is 0 Å². The van der Waals surface area contributed by atoms with Crippen molar-refractivity contribution in [1.29, 1.82) is 0 Å². The molecular weight excluding hydrogens is 530 g/mol. The molecule has 0 aliphatic carbocycles. The van der Waals surface area contributed by atoms with Crippen molar-refractivity contribution in [3.63, 3.8) is 0 Å². The molecule has 4 aromatic carbocycles. The van der Waals surface area contributed by atoms with Crippen molar-refractivity contribution in [2.45, 2.75) is 0 Å². The molecule has 180 valence electrons. The van der Waals surface area contributed by atoms with Gasteiger partial charge in [0.1, 0.15) is 5.65 Å². The average Bonchev–Trinajstić information content (AvgIpc) is 3.31. The molecule has 0 radical (unpaired) electrons. The summed E-state index contributed by atoms with van der Waals surface area (Å²) in [6.07, 6.45) is 1.86. The van der Waals surface area contributed by atoms with Gasteiger partial charge in [-0.3, -0.25) is 4.57 Å². The standard InChI is InChI=1S/C34H22BrN3/c35-27-16-17-33-30(22-27)29-15-8-18-36-34(29)38(33)28-14-7-13-25(19-28)26-20-31(23-9-3-1-4-10-23)37-32(21-26)24-11-5-2-6-12-24/h1-22H. The highest BCUT2D eigenvalue weighted by molar-refractivity contribution is 9.10. The first-order valence-electron chi connectivity index (χ1n) is 12.5. The molecule has 7 rings (SSSR count). The van der Waals surface area contributed by atoms with Crippen LogP contribution < -0.4 is 0 Å². The predicted octanol–water partition coefficient (Wildman–Crippen LogP) is 9.34. The summed E-state index contributed by atoms with van der Waals surface area (Å²) >= 11 is 3.64. The van der Waals surface area contributed by atoms with Crippen molar-refractivity contribution in [1.82, 2.24) is 14.5 Å². The Morgan fingerprint density at radius 1 is 0.526 bits per heavy atom. The smallest absolute Gasteiger partial charge is 0.145 e. The van der Waals surface area contributed by atoms with Gasteiger partial charge in [-0.25, -0.2) is 9.97 Å². The number of aromatic nitrogens is 3. The summed E-state index contributed by atoms with van der Waals surface area (Å²) in [5.74, 6) is 0. The highest BCUT2D eigenvalue weighted by Crippen LogP contribution is 2.35. The van der Waals surface area contributed by atoms with Crippen molar-refractivity contribution in [2.75, 3.05) is 0 Å². The van der Waals surface area contributed by atoms with Crippen LogP contribution in [0.3, 0.4) is 0 Å². The Kier molecular flexibility index (Phi) is 5.60. The van der Waals surface area contributed by atoms with Crippen LogP contribution >= 0.6 is 15.9 Å². The molecule has 0 atom stereocenters. The molecule has 4 heteroatoms. The Hall–Kier alpha value is -4.54. The van der Waals surface area contributed by atoms with E-state index in [2.05, 4.69) is 130 Å². The molecule has 0 fully saturated rings. The Labute approximate surface area is 229 Å². The molecule has 3 heterocycles. The first-order valence-corrected chi connectivity index (χ1v) is 13.3. The second kappa shape index (κ2) is 9.40. The molecule has 0 saturated carbocycles. The first kappa shape index (κ1) is 22.6. The number of halogens is 1. The molecule has 0 aliphatic heterocycles. The Balaban J connectivity index is 1.44. The van der Waals surface area contributed by atoms with Crippen molar-refractivity contribution in [3.05, 3.63) is 138 Å². The van der Waals surface area contributed by atoms with E-state index in [0.29, 0.717) is 0 Å². The molecule has 0 unspecified atom stereocenters. The van der Waals surface area contributed by atoms with Crippen LogP contribution in [0, 0.1) is 0 Å². The minimum Gasteiger partial charge on any atom is -0.294 e. The Morgan fingerprint density at radius 3 is 1.92 bits per heavy atom. The summed E-state index contributed by atoms with van der Waals surface area (Å²) < 4.78 is 3.30. The number of nitrogens with zero attached hydrogens (tertiary/aromatic N) is 3. The summed E-state index contributed by atoms with van der Waals surface area (Å²) in [6, 6.07) is 44.3. The minimum atomic E-state index is 0.947. The maximum Gasteiger partial charge on any atom is 0.145 e. The van der Waals surface area contributed by atoms with Crippen LogP contribution in [0.25, 0.3) is 61.3 Å². The third-order valence-electron chi connectivity index (χ3n) is 6.89. The molecule has 0 N–H and O–H groups in total. The molecule has 3 nitrogen and oxygen atoms in total. The molecule has 0 bridgehead atoms. The largest absolute Gasteiger partial charge is 0.294 e. The fourth-order valence-corrected chi connectivity index (χ4v) is 5.48. The number of hydrogen-bond acceptors (Lipinski definition) is 2. The van der Waals surface area contributed by atoms with E-state index in [1.807, 2.05) is 24.4 Å². The van der Waals surface area contributed by atoms with Crippen molar-refractivity contribution in [3.8, 4) is 39.3 Å². The normalized spacial score (nSPS) is 11.3. The van der Waals surface area contributed by atoms with Gasteiger partial charge in [-0.1, -0.05) is 88.7 Å². The van der Waals surface area contributed by atoms with Crippen LogP contribution in [-0.2, 0) is 0 Å². The summed E-state index contributed by atoms with van der Waals surface area (Å²) in [6.45, 7) is 0. The van der Waals surface area contributed by atoms with Crippen LogP contribution in [0.1, 0.15) is 0 Å². The van der Waals surface area contributed by atoms with E-state index < -0.39 is 0 Å². The maximum absolute atomic E-state index is 5.04. The van der Waals surface area contributed by atoms with Gasteiger partial charge in [0.25, 0.3) is 0 Å². The van der Waals surface area contributed by atoms with E-state index >= 15 is 0 Å². The van der Waals surface area contributed by atoms with E-state index in [0.717, 1.165) is 60.4 Å². The number of pyridine rings is 2. The van der Waals surface area contributed by atoms with Gasteiger partial charge in [0.2, 0.25) is 0 Å². The van der Waals surface area contributed by atoms with Crippen molar-refractivity contribution >= 4 is 37.9 Å².